The summed E-state index contributed by atoms with van der Waals surface area (Å²) in [5.41, 5.74) is -0.0543. The van der Waals surface area contributed by atoms with Crippen LogP contribution in [0.15, 0.2) is 41.1 Å². The van der Waals surface area contributed by atoms with E-state index >= 15 is 0 Å². The molecule has 5 heteroatoms. The number of halogens is 3. The Bertz CT molecular complexity index is 586. The lowest BCUT2D eigenvalue weighted by Gasteiger charge is -2.04. The molecule has 0 saturated heterocycles. The molecule has 0 aliphatic heterocycles. The normalized spacial score (nSPS) is 10.3. The Balaban J connectivity index is 2.51. The molecule has 0 unspecified atom stereocenters. The zero-order chi connectivity index (χ0) is 12.4. The molecule has 0 amide bonds. The Labute approximate surface area is 104 Å². The minimum atomic E-state index is -0.728. The van der Waals surface area contributed by atoms with Crippen molar-refractivity contribution < 1.29 is 13.6 Å². The van der Waals surface area contributed by atoms with Gasteiger partial charge >= 0.3 is 0 Å². The van der Waals surface area contributed by atoms with Crippen LogP contribution in [0.4, 0.5) is 8.78 Å². The van der Waals surface area contributed by atoms with Crippen LogP contribution in [0.5, 0.6) is 0 Å². The van der Waals surface area contributed by atoms with Crippen molar-refractivity contribution in [1.29, 1.82) is 0 Å². The van der Waals surface area contributed by atoms with Crippen LogP contribution >= 0.6 is 15.9 Å². The average Bonchev–Trinajstić information content (AvgIpc) is 2.32. The maximum atomic E-state index is 13.4. The fourth-order valence-corrected chi connectivity index (χ4v) is 1.80. The van der Waals surface area contributed by atoms with Crippen LogP contribution < -0.4 is 0 Å². The van der Waals surface area contributed by atoms with Gasteiger partial charge in [-0.2, -0.15) is 0 Å². The molecule has 2 aromatic rings. The largest absolute Gasteiger partial charge is 0.288 e. The van der Waals surface area contributed by atoms with E-state index in [1.807, 2.05) is 0 Å². The van der Waals surface area contributed by atoms with Crippen LogP contribution in [-0.2, 0) is 0 Å². The molecule has 0 aliphatic carbocycles. The number of benzene rings is 1. The van der Waals surface area contributed by atoms with Gasteiger partial charge in [0.2, 0.25) is 0 Å². The molecule has 0 N–H and O–H groups in total. The van der Waals surface area contributed by atoms with E-state index in [9.17, 15) is 13.6 Å². The second-order valence-electron chi connectivity index (χ2n) is 3.31. The van der Waals surface area contributed by atoms with E-state index in [2.05, 4.69) is 20.9 Å². The van der Waals surface area contributed by atoms with E-state index < -0.39 is 17.4 Å². The van der Waals surface area contributed by atoms with Gasteiger partial charge in [-0.15, -0.1) is 0 Å². The lowest BCUT2D eigenvalue weighted by Crippen LogP contribution is -2.06. The Morgan fingerprint density at radius 3 is 2.65 bits per heavy atom. The molecule has 0 bridgehead atoms. The fourth-order valence-electron chi connectivity index (χ4n) is 1.38. The topological polar surface area (TPSA) is 30.0 Å². The minimum Gasteiger partial charge on any atom is -0.288 e. The highest BCUT2D eigenvalue weighted by molar-refractivity contribution is 9.10. The lowest BCUT2D eigenvalue weighted by atomic mass is 10.0. The number of ketones is 1. The summed E-state index contributed by atoms with van der Waals surface area (Å²) in [6, 6.07) is 4.94. The second-order valence-corrected chi connectivity index (χ2v) is 4.16. The SMILES string of the molecule is O=C(c1ccncc1F)c1cc(F)ccc1Br. The smallest absolute Gasteiger partial charge is 0.197 e. The molecule has 1 aromatic carbocycles. The molecule has 0 fully saturated rings. The summed E-state index contributed by atoms with van der Waals surface area (Å²) in [6.45, 7) is 0. The summed E-state index contributed by atoms with van der Waals surface area (Å²) >= 11 is 3.13. The highest BCUT2D eigenvalue weighted by Gasteiger charge is 2.16. The number of carbonyl (C=O) groups excluding carboxylic acids is 1. The van der Waals surface area contributed by atoms with Crippen LogP contribution in [0.2, 0.25) is 0 Å². The lowest BCUT2D eigenvalue weighted by molar-refractivity contribution is 0.103. The van der Waals surface area contributed by atoms with Crippen molar-refractivity contribution in [2.24, 2.45) is 0 Å². The van der Waals surface area contributed by atoms with Gasteiger partial charge in [-0.1, -0.05) is 15.9 Å². The first-order valence-electron chi connectivity index (χ1n) is 4.69. The fraction of sp³-hybridized carbons (Fsp3) is 0. The summed E-state index contributed by atoms with van der Waals surface area (Å²) < 4.78 is 26.8. The van der Waals surface area contributed by atoms with Gasteiger partial charge in [0.05, 0.1) is 11.8 Å². The molecule has 0 saturated carbocycles. The predicted molar refractivity (Wildman–Crippen MR) is 61.7 cm³/mol. The third-order valence-corrected chi connectivity index (χ3v) is 2.88. The molecule has 1 aromatic heterocycles. The van der Waals surface area contributed by atoms with Crippen LogP contribution in [-0.4, -0.2) is 10.8 Å². The molecular formula is C12H6BrF2NO. The number of aromatic nitrogens is 1. The van der Waals surface area contributed by atoms with Crippen molar-refractivity contribution >= 4 is 21.7 Å². The predicted octanol–water partition coefficient (Wildman–Crippen LogP) is 3.35. The van der Waals surface area contributed by atoms with Gasteiger partial charge in [0.25, 0.3) is 0 Å². The minimum absolute atomic E-state index is 0.0788. The molecule has 0 aliphatic rings. The maximum absolute atomic E-state index is 13.4. The number of nitrogens with zero attached hydrogens (tertiary/aromatic N) is 1. The van der Waals surface area contributed by atoms with Gasteiger partial charge in [0, 0.05) is 16.2 Å². The summed E-state index contributed by atoms with van der Waals surface area (Å²) in [5.74, 6) is -1.86. The standard InChI is InChI=1S/C12H6BrF2NO/c13-10-2-1-7(14)5-9(10)12(17)8-3-4-16-6-11(8)15/h1-6H. The van der Waals surface area contributed by atoms with Gasteiger partial charge < -0.3 is 0 Å². The third kappa shape index (κ3) is 2.39. The third-order valence-electron chi connectivity index (χ3n) is 2.19. The van der Waals surface area contributed by atoms with Crippen LogP contribution in [0.3, 0.4) is 0 Å². The molecule has 17 heavy (non-hydrogen) atoms. The van der Waals surface area contributed by atoms with Gasteiger partial charge in [-0.05, 0) is 24.3 Å². The first kappa shape index (κ1) is 11.9. The summed E-state index contributed by atoms with van der Waals surface area (Å²) in [4.78, 5) is 15.5. The summed E-state index contributed by atoms with van der Waals surface area (Å²) in [7, 11) is 0. The highest BCUT2D eigenvalue weighted by Crippen LogP contribution is 2.22. The van der Waals surface area contributed by atoms with Crippen molar-refractivity contribution in [3.63, 3.8) is 0 Å². The molecule has 0 spiro atoms. The van der Waals surface area contributed by atoms with Crippen LogP contribution in [0.25, 0.3) is 0 Å². The molecule has 2 rings (SSSR count). The monoisotopic (exact) mass is 297 g/mol. The first-order chi connectivity index (χ1) is 8.09. The maximum Gasteiger partial charge on any atom is 0.197 e. The number of hydrogen-bond donors (Lipinski definition) is 0. The number of pyridine rings is 1. The summed E-state index contributed by atoms with van der Waals surface area (Å²) in [6.07, 6.45) is 2.25. The Hall–Kier alpha value is -1.62. The molecule has 0 atom stereocenters. The quantitative estimate of drug-likeness (QED) is 0.796. The molecule has 2 nitrogen and oxygen atoms in total. The van der Waals surface area contributed by atoms with E-state index in [4.69, 9.17) is 0 Å². The van der Waals surface area contributed by atoms with Crippen molar-refractivity contribution in [3.05, 3.63) is 63.9 Å². The van der Waals surface area contributed by atoms with E-state index in [1.54, 1.807) is 0 Å². The van der Waals surface area contributed by atoms with Crippen molar-refractivity contribution in [2.75, 3.05) is 0 Å². The van der Waals surface area contributed by atoms with E-state index in [-0.39, 0.29) is 11.1 Å². The zero-order valence-corrected chi connectivity index (χ0v) is 10.0. The number of hydrogen-bond acceptors (Lipinski definition) is 2. The van der Waals surface area contributed by atoms with Gasteiger partial charge in [-0.3, -0.25) is 9.78 Å². The van der Waals surface area contributed by atoms with Crippen molar-refractivity contribution in [1.82, 2.24) is 4.98 Å². The number of carbonyl (C=O) groups is 1. The van der Waals surface area contributed by atoms with Crippen LogP contribution in [0, 0.1) is 11.6 Å². The van der Waals surface area contributed by atoms with Gasteiger partial charge in [0.1, 0.15) is 5.82 Å². The van der Waals surface area contributed by atoms with Crippen LogP contribution in [0.1, 0.15) is 15.9 Å². The van der Waals surface area contributed by atoms with E-state index in [0.29, 0.717) is 4.47 Å². The summed E-state index contributed by atoms with van der Waals surface area (Å²) in [5, 5.41) is 0. The van der Waals surface area contributed by atoms with E-state index in [1.165, 1.54) is 24.4 Å². The second kappa shape index (κ2) is 4.71. The average molecular weight is 298 g/mol. The van der Waals surface area contributed by atoms with Gasteiger partial charge in [-0.25, -0.2) is 8.78 Å². The molecule has 0 radical (unpaired) electrons. The number of rotatable bonds is 2. The van der Waals surface area contributed by atoms with Crippen molar-refractivity contribution in [2.45, 2.75) is 0 Å². The Morgan fingerprint density at radius 1 is 1.18 bits per heavy atom. The highest BCUT2D eigenvalue weighted by atomic mass is 79.9. The molecule has 1 heterocycles. The zero-order valence-electron chi connectivity index (χ0n) is 8.45. The Morgan fingerprint density at radius 2 is 1.94 bits per heavy atom. The van der Waals surface area contributed by atoms with E-state index in [0.717, 1.165) is 12.3 Å². The van der Waals surface area contributed by atoms with Gasteiger partial charge in [0.15, 0.2) is 11.6 Å². The molecule has 86 valence electrons. The first-order valence-corrected chi connectivity index (χ1v) is 5.48. The Kier molecular flexibility index (Phi) is 3.28. The molecular weight excluding hydrogens is 292 g/mol. The van der Waals surface area contributed by atoms with Crippen molar-refractivity contribution in [3.8, 4) is 0 Å².